The van der Waals surface area contributed by atoms with Crippen LogP contribution in [0.5, 0.6) is 0 Å². The Labute approximate surface area is 157 Å². The van der Waals surface area contributed by atoms with E-state index >= 15 is 0 Å². The van der Waals surface area contributed by atoms with Gasteiger partial charge in [0, 0.05) is 32.3 Å². The molecule has 2 unspecified atom stereocenters. The molecule has 144 valence electrons. The fourth-order valence-corrected chi connectivity index (χ4v) is 4.36. The standard InChI is InChI=1S/C21H33N3O2/c1-17-14-19(8-13-24(17)15-18-6-4-3-5-7-18)23-20(25)21(16-26-2)9-11-22-12-10-21/h3-7,17,19,22H,8-16H2,1-2H3,(H,23,25). The molecule has 5 nitrogen and oxygen atoms in total. The predicted octanol–water partition coefficient (Wildman–Crippen LogP) is 2.17. The monoisotopic (exact) mass is 359 g/mol. The van der Waals surface area contributed by atoms with Crippen LogP contribution in [-0.2, 0) is 16.1 Å². The Bertz CT molecular complexity index is 566. The van der Waals surface area contributed by atoms with Gasteiger partial charge in [0.1, 0.15) is 0 Å². The Hall–Kier alpha value is -1.43. The minimum absolute atomic E-state index is 0.189. The van der Waals surface area contributed by atoms with E-state index in [0.717, 1.165) is 51.9 Å². The number of nitrogens with one attached hydrogen (secondary N) is 2. The van der Waals surface area contributed by atoms with Crippen LogP contribution in [0.15, 0.2) is 30.3 Å². The van der Waals surface area contributed by atoms with E-state index in [9.17, 15) is 4.79 Å². The van der Waals surface area contributed by atoms with Crippen LogP contribution in [0, 0.1) is 5.41 Å². The number of likely N-dealkylation sites (tertiary alicyclic amines) is 1. The lowest BCUT2D eigenvalue weighted by Gasteiger charge is -2.41. The van der Waals surface area contributed by atoms with Crippen LogP contribution in [0.4, 0.5) is 0 Å². The molecule has 0 aliphatic carbocycles. The molecule has 2 fully saturated rings. The first-order valence-electron chi connectivity index (χ1n) is 9.91. The van der Waals surface area contributed by atoms with E-state index in [4.69, 9.17) is 4.74 Å². The van der Waals surface area contributed by atoms with E-state index in [1.807, 2.05) is 0 Å². The SMILES string of the molecule is COCC1(C(=O)NC2CCN(Cc3ccccc3)C(C)C2)CCNCC1. The quantitative estimate of drug-likeness (QED) is 0.817. The molecule has 2 aliphatic rings. The number of hydrogen-bond donors (Lipinski definition) is 2. The average Bonchev–Trinajstić information content (AvgIpc) is 2.66. The van der Waals surface area contributed by atoms with Crippen molar-refractivity contribution < 1.29 is 9.53 Å². The lowest BCUT2D eigenvalue weighted by atomic mass is 9.78. The second-order valence-electron chi connectivity index (χ2n) is 7.96. The third kappa shape index (κ3) is 4.64. The average molecular weight is 360 g/mol. The van der Waals surface area contributed by atoms with Gasteiger partial charge in [0.2, 0.25) is 5.91 Å². The maximum Gasteiger partial charge on any atom is 0.228 e. The molecule has 1 amide bonds. The molecule has 1 aromatic rings. The van der Waals surface area contributed by atoms with Gasteiger partial charge in [0.25, 0.3) is 0 Å². The van der Waals surface area contributed by atoms with Crippen molar-refractivity contribution in [1.29, 1.82) is 0 Å². The molecule has 0 aromatic heterocycles. The van der Waals surface area contributed by atoms with E-state index in [1.54, 1.807) is 7.11 Å². The molecule has 0 spiro atoms. The van der Waals surface area contributed by atoms with Crippen LogP contribution in [0.1, 0.15) is 38.2 Å². The lowest BCUT2D eigenvalue weighted by molar-refractivity contribution is -0.137. The summed E-state index contributed by atoms with van der Waals surface area (Å²) in [7, 11) is 1.70. The number of carbonyl (C=O) groups is 1. The third-order valence-corrected chi connectivity index (χ3v) is 6.04. The summed E-state index contributed by atoms with van der Waals surface area (Å²) in [5.41, 5.74) is 1.00. The Balaban J connectivity index is 1.54. The van der Waals surface area contributed by atoms with Gasteiger partial charge in [-0.15, -0.1) is 0 Å². The van der Waals surface area contributed by atoms with Crippen molar-refractivity contribution in [2.24, 2.45) is 5.41 Å². The van der Waals surface area contributed by atoms with Gasteiger partial charge >= 0.3 is 0 Å². The van der Waals surface area contributed by atoms with Gasteiger partial charge in [-0.25, -0.2) is 0 Å². The summed E-state index contributed by atoms with van der Waals surface area (Å²) in [5, 5.41) is 6.71. The zero-order valence-corrected chi connectivity index (χ0v) is 16.2. The van der Waals surface area contributed by atoms with E-state index in [2.05, 4.69) is 52.8 Å². The van der Waals surface area contributed by atoms with Crippen LogP contribution in [0.2, 0.25) is 0 Å². The highest BCUT2D eigenvalue weighted by atomic mass is 16.5. The fourth-order valence-electron chi connectivity index (χ4n) is 4.36. The Morgan fingerprint density at radius 2 is 2.04 bits per heavy atom. The van der Waals surface area contributed by atoms with E-state index in [-0.39, 0.29) is 17.4 Å². The smallest absolute Gasteiger partial charge is 0.228 e. The van der Waals surface area contributed by atoms with Gasteiger partial charge in [0.05, 0.1) is 12.0 Å². The predicted molar refractivity (Wildman–Crippen MR) is 104 cm³/mol. The number of benzene rings is 1. The molecule has 2 heterocycles. The first-order chi connectivity index (χ1) is 12.6. The van der Waals surface area contributed by atoms with E-state index in [0.29, 0.717) is 12.6 Å². The molecule has 3 rings (SSSR count). The largest absolute Gasteiger partial charge is 0.384 e. The van der Waals surface area contributed by atoms with Crippen LogP contribution in [-0.4, -0.2) is 56.2 Å². The van der Waals surface area contributed by atoms with Gasteiger partial charge < -0.3 is 15.4 Å². The molecule has 0 radical (unpaired) electrons. The molecule has 0 bridgehead atoms. The minimum Gasteiger partial charge on any atom is -0.384 e. The second kappa shape index (κ2) is 8.98. The molecule has 1 aromatic carbocycles. The zero-order valence-electron chi connectivity index (χ0n) is 16.2. The molecule has 2 saturated heterocycles. The normalized spacial score (nSPS) is 26.4. The highest BCUT2D eigenvalue weighted by Crippen LogP contribution is 2.30. The van der Waals surface area contributed by atoms with E-state index < -0.39 is 0 Å². The number of methoxy groups -OCH3 is 1. The summed E-state index contributed by atoms with van der Waals surface area (Å²) in [5.74, 6) is 0.189. The highest BCUT2D eigenvalue weighted by Gasteiger charge is 2.41. The third-order valence-electron chi connectivity index (χ3n) is 6.04. The number of nitrogens with zero attached hydrogens (tertiary/aromatic N) is 1. The van der Waals surface area contributed by atoms with Crippen molar-refractivity contribution in [3.8, 4) is 0 Å². The Kier molecular flexibility index (Phi) is 6.68. The number of hydrogen-bond acceptors (Lipinski definition) is 4. The van der Waals surface area contributed by atoms with Crippen molar-refractivity contribution in [1.82, 2.24) is 15.5 Å². The number of amides is 1. The van der Waals surface area contributed by atoms with Crippen LogP contribution in [0.3, 0.4) is 0 Å². The van der Waals surface area contributed by atoms with Crippen molar-refractivity contribution in [2.45, 2.75) is 51.2 Å². The molecule has 5 heteroatoms. The molecular weight excluding hydrogens is 326 g/mol. The summed E-state index contributed by atoms with van der Waals surface area (Å²) in [6, 6.07) is 11.4. The van der Waals surface area contributed by atoms with Gasteiger partial charge in [-0.3, -0.25) is 9.69 Å². The Morgan fingerprint density at radius 3 is 2.69 bits per heavy atom. The van der Waals surface area contributed by atoms with Crippen LogP contribution >= 0.6 is 0 Å². The highest BCUT2D eigenvalue weighted by molar-refractivity contribution is 5.83. The van der Waals surface area contributed by atoms with Crippen molar-refractivity contribution in [3.05, 3.63) is 35.9 Å². The summed E-state index contributed by atoms with van der Waals surface area (Å²) in [6.45, 7) is 6.59. The topological polar surface area (TPSA) is 53.6 Å². The van der Waals surface area contributed by atoms with Crippen molar-refractivity contribution >= 4 is 5.91 Å². The molecule has 0 saturated carbocycles. The van der Waals surface area contributed by atoms with Gasteiger partial charge in [-0.1, -0.05) is 30.3 Å². The van der Waals surface area contributed by atoms with Crippen molar-refractivity contribution in [2.75, 3.05) is 33.4 Å². The molecule has 2 aliphatic heterocycles. The number of carbonyl (C=O) groups excluding carboxylic acids is 1. The maximum absolute atomic E-state index is 13.0. The second-order valence-corrected chi connectivity index (χ2v) is 7.96. The van der Waals surface area contributed by atoms with Gasteiger partial charge in [0.15, 0.2) is 0 Å². The first kappa shape index (κ1) is 19.3. The molecule has 26 heavy (non-hydrogen) atoms. The summed E-state index contributed by atoms with van der Waals surface area (Å²) in [4.78, 5) is 15.5. The number of rotatable bonds is 6. The zero-order chi connectivity index (χ0) is 18.4. The fraction of sp³-hybridized carbons (Fsp3) is 0.667. The van der Waals surface area contributed by atoms with E-state index in [1.165, 1.54) is 5.56 Å². The molecular formula is C21H33N3O2. The van der Waals surface area contributed by atoms with Crippen LogP contribution in [0.25, 0.3) is 0 Å². The first-order valence-corrected chi connectivity index (χ1v) is 9.91. The molecule has 2 atom stereocenters. The number of ether oxygens (including phenoxy) is 1. The van der Waals surface area contributed by atoms with Crippen LogP contribution < -0.4 is 10.6 Å². The van der Waals surface area contributed by atoms with Gasteiger partial charge in [-0.05, 0) is 51.3 Å². The summed E-state index contributed by atoms with van der Waals surface area (Å²) >= 11 is 0. The molecule has 2 N–H and O–H groups in total. The maximum atomic E-state index is 13.0. The summed E-state index contributed by atoms with van der Waals surface area (Å²) < 4.78 is 5.40. The number of piperidine rings is 2. The minimum atomic E-state index is -0.357. The lowest BCUT2D eigenvalue weighted by Crippen LogP contribution is -2.55. The van der Waals surface area contributed by atoms with Crippen molar-refractivity contribution in [3.63, 3.8) is 0 Å². The summed E-state index contributed by atoms with van der Waals surface area (Å²) in [6.07, 6.45) is 3.74. The Morgan fingerprint density at radius 1 is 1.31 bits per heavy atom. The van der Waals surface area contributed by atoms with Gasteiger partial charge in [-0.2, -0.15) is 0 Å².